The number of aromatic nitrogens is 3. The first-order valence-corrected chi connectivity index (χ1v) is 6.02. The van der Waals surface area contributed by atoms with Crippen LogP contribution in [0.1, 0.15) is 0 Å². The Hall–Kier alpha value is -1.66. The molecule has 0 atom stereocenters. The largest absolute Gasteiger partial charge is 0.347 e. The van der Waals surface area contributed by atoms with Crippen molar-refractivity contribution in [2.45, 2.75) is 0 Å². The summed E-state index contributed by atoms with van der Waals surface area (Å²) in [5.41, 5.74) is 0.554. The highest BCUT2D eigenvalue weighted by molar-refractivity contribution is 6.31. The molecule has 1 heterocycles. The molecule has 1 aromatic heterocycles. The summed E-state index contributed by atoms with van der Waals surface area (Å²) in [5, 5.41) is 2.96. The van der Waals surface area contributed by atoms with E-state index in [9.17, 15) is 4.39 Å². The number of anilines is 3. The molecular formula is C11H10Cl2FN5. The van der Waals surface area contributed by atoms with Gasteiger partial charge in [-0.05, 0) is 29.8 Å². The molecule has 2 aromatic rings. The van der Waals surface area contributed by atoms with Crippen LogP contribution in [0.2, 0.25) is 10.3 Å². The van der Waals surface area contributed by atoms with E-state index in [1.165, 1.54) is 18.2 Å². The van der Waals surface area contributed by atoms with Crippen molar-refractivity contribution in [2.24, 2.45) is 0 Å². The van der Waals surface area contributed by atoms with Gasteiger partial charge in [0.2, 0.25) is 17.2 Å². The maximum atomic E-state index is 13.0. The van der Waals surface area contributed by atoms with Gasteiger partial charge in [-0.2, -0.15) is 15.0 Å². The number of rotatable bonds is 3. The van der Waals surface area contributed by atoms with E-state index in [-0.39, 0.29) is 16.3 Å². The summed E-state index contributed by atoms with van der Waals surface area (Å²) in [7, 11) is 3.56. The average molecular weight is 302 g/mol. The Balaban J connectivity index is 2.29. The van der Waals surface area contributed by atoms with Crippen molar-refractivity contribution in [1.82, 2.24) is 15.0 Å². The number of hydrogen-bond acceptors (Lipinski definition) is 5. The van der Waals surface area contributed by atoms with Gasteiger partial charge in [0, 0.05) is 19.8 Å². The van der Waals surface area contributed by atoms with E-state index in [2.05, 4.69) is 20.3 Å². The second-order valence-electron chi connectivity index (χ2n) is 3.88. The van der Waals surface area contributed by atoms with E-state index in [1.807, 2.05) is 0 Å². The molecule has 1 N–H and O–H groups in total. The number of hydrogen-bond donors (Lipinski definition) is 1. The summed E-state index contributed by atoms with van der Waals surface area (Å²) < 4.78 is 13.0. The average Bonchev–Trinajstić information content (AvgIpc) is 2.33. The van der Waals surface area contributed by atoms with E-state index >= 15 is 0 Å². The molecule has 2 rings (SSSR count). The van der Waals surface area contributed by atoms with Crippen LogP contribution in [0, 0.1) is 5.82 Å². The zero-order valence-corrected chi connectivity index (χ0v) is 11.7. The van der Waals surface area contributed by atoms with Gasteiger partial charge in [0.05, 0.1) is 5.02 Å². The fraction of sp³-hybridized carbons (Fsp3) is 0.182. The molecule has 0 aliphatic carbocycles. The summed E-state index contributed by atoms with van der Waals surface area (Å²) in [6, 6.07) is 4.21. The molecule has 0 saturated heterocycles. The molecule has 0 amide bonds. The van der Waals surface area contributed by atoms with Crippen molar-refractivity contribution in [3.8, 4) is 0 Å². The minimum atomic E-state index is -0.491. The molecule has 0 aliphatic heterocycles. The smallest absolute Gasteiger partial charge is 0.233 e. The van der Waals surface area contributed by atoms with Gasteiger partial charge in [-0.3, -0.25) is 0 Å². The third kappa shape index (κ3) is 3.42. The van der Waals surface area contributed by atoms with E-state index < -0.39 is 5.82 Å². The van der Waals surface area contributed by atoms with Gasteiger partial charge in [0.1, 0.15) is 5.82 Å². The number of benzene rings is 1. The van der Waals surface area contributed by atoms with E-state index in [0.717, 1.165) is 0 Å². The molecule has 0 radical (unpaired) electrons. The number of halogens is 3. The Kier molecular flexibility index (Phi) is 4.01. The third-order valence-corrected chi connectivity index (χ3v) is 2.63. The number of nitrogens with one attached hydrogen (secondary N) is 1. The molecule has 0 aliphatic rings. The van der Waals surface area contributed by atoms with Crippen molar-refractivity contribution in [1.29, 1.82) is 0 Å². The zero-order chi connectivity index (χ0) is 14.0. The van der Waals surface area contributed by atoms with Crippen LogP contribution >= 0.6 is 23.2 Å². The minimum absolute atomic E-state index is 0.0120. The van der Waals surface area contributed by atoms with Crippen LogP contribution in [0.3, 0.4) is 0 Å². The summed E-state index contributed by atoms with van der Waals surface area (Å²) in [5.74, 6) is 0.178. The molecule has 0 saturated carbocycles. The second-order valence-corrected chi connectivity index (χ2v) is 4.62. The maximum Gasteiger partial charge on any atom is 0.233 e. The van der Waals surface area contributed by atoms with E-state index in [0.29, 0.717) is 11.6 Å². The summed E-state index contributed by atoms with van der Waals surface area (Å²) in [6.45, 7) is 0. The fourth-order valence-electron chi connectivity index (χ4n) is 1.30. The second kappa shape index (κ2) is 5.54. The van der Waals surface area contributed by atoms with Crippen LogP contribution in [-0.2, 0) is 0 Å². The first kappa shape index (κ1) is 13.8. The molecule has 5 nitrogen and oxygen atoms in total. The lowest BCUT2D eigenvalue weighted by Gasteiger charge is -2.12. The van der Waals surface area contributed by atoms with Crippen molar-refractivity contribution in [3.63, 3.8) is 0 Å². The molecule has 0 fully saturated rings. The third-order valence-electron chi connectivity index (χ3n) is 2.17. The van der Waals surface area contributed by atoms with Crippen molar-refractivity contribution < 1.29 is 4.39 Å². The van der Waals surface area contributed by atoms with Gasteiger partial charge in [0.25, 0.3) is 0 Å². The van der Waals surface area contributed by atoms with Gasteiger partial charge < -0.3 is 10.2 Å². The fourth-order valence-corrected chi connectivity index (χ4v) is 1.63. The first-order chi connectivity index (χ1) is 8.95. The first-order valence-electron chi connectivity index (χ1n) is 5.26. The Morgan fingerprint density at radius 2 is 1.89 bits per heavy atom. The van der Waals surface area contributed by atoms with Gasteiger partial charge in [-0.25, -0.2) is 4.39 Å². The van der Waals surface area contributed by atoms with Crippen molar-refractivity contribution in [2.75, 3.05) is 24.3 Å². The highest BCUT2D eigenvalue weighted by Crippen LogP contribution is 2.22. The van der Waals surface area contributed by atoms with Gasteiger partial charge in [0.15, 0.2) is 0 Å². The van der Waals surface area contributed by atoms with Gasteiger partial charge >= 0.3 is 0 Å². The molecule has 19 heavy (non-hydrogen) atoms. The van der Waals surface area contributed by atoms with Crippen LogP contribution in [-0.4, -0.2) is 29.0 Å². The van der Waals surface area contributed by atoms with Crippen LogP contribution < -0.4 is 10.2 Å². The Morgan fingerprint density at radius 1 is 1.16 bits per heavy atom. The lowest BCUT2D eigenvalue weighted by molar-refractivity contribution is 0.628. The summed E-state index contributed by atoms with van der Waals surface area (Å²) in [6.07, 6.45) is 0. The normalized spacial score (nSPS) is 10.4. The predicted molar refractivity (Wildman–Crippen MR) is 73.9 cm³/mol. The minimum Gasteiger partial charge on any atom is -0.347 e. The van der Waals surface area contributed by atoms with Crippen molar-refractivity contribution in [3.05, 3.63) is 34.3 Å². The van der Waals surface area contributed by atoms with Crippen LogP contribution in [0.4, 0.5) is 22.0 Å². The lowest BCUT2D eigenvalue weighted by atomic mass is 10.3. The Morgan fingerprint density at radius 3 is 2.53 bits per heavy atom. The zero-order valence-electron chi connectivity index (χ0n) is 10.2. The van der Waals surface area contributed by atoms with E-state index in [1.54, 1.807) is 19.0 Å². The monoisotopic (exact) mass is 301 g/mol. The van der Waals surface area contributed by atoms with Crippen LogP contribution in [0.25, 0.3) is 0 Å². The van der Waals surface area contributed by atoms with Gasteiger partial charge in [-0.1, -0.05) is 11.6 Å². The number of nitrogens with zero attached hydrogens (tertiary/aromatic N) is 4. The summed E-state index contributed by atoms with van der Waals surface area (Å²) >= 11 is 11.5. The van der Waals surface area contributed by atoms with E-state index in [4.69, 9.17) is 23.2 Å². The molecule has 8 heteroatoms. The molecule has 0 spiro atoms. The highest BCUT2D eigenvalue weighted by atomic mass is 35.5. The SMILES string of the molecule is CN(C)c1nc(Cl)nc(Nc2ccc(F)c(Cl)c2)n1. The topological polar surface area (TPSA) is 53.9 Å². The Bertz CT molecular complexity index is 606. The van der Waals surface area contributed by atoms with Crippen LogP contribution in [0.15, 0.2) is 18.2 Å². The van der Waals surface area contributed by atoms with Crippen molar-refractivity contribution >= 4 is 40.8 Å². The van der Waals surface area contributed by atoms with Crippen LogP contribution in [0.5, 0.6) is 0 Å². The molecule has 100 valence electrons. The molecular weight excluding hydrogens is 292 g/mol. The predicted octanol–water partition coefficient (Wildman–Crippen LogP) is 3.13. The quantitative estimate of drug-likeness (QED) is 0.944. The Labute approximate surface area is 119 Å². The standard InChI is InChI=1S/C11H10Cl2FN5/c1-19(2)11-17-9(13)16-10(18-11)15-6-3-4-8(14)7(12)5-6/h3-5H,1-2H3,(H,15,16,17,18). The van der Waals surface area contributed by atoms with Gasteiger partial charge in [-0.15, -0.1) is 0 Å². The highest BCUT2D eigenvalue weighted by Gasteiger charge is 2.08. The lowest BCUT2D eigenvalue weighted by Crippen LogP contribution is -2.14. The molecule has 1 aromatic carbocycles. The summed E-state index contributed by atoms with van der Waals surface area (Å²) in [4.78, 5) is 13.7. The maximum absolute atomic E-state index is 13.0. The molecule has 0 unspecified atom stereocenters. The molecule has 0 bridgehead atoms.